The Kier molecular flexibility index (Phi) is 5.59. The zero-order valence-electron chi connectivity index (χ0n) is 14.7. The van der Waals surface area contributed by atoms with Gasteiger partial charge in [-0.1, -0.05) is 6.07 Å². The van der Waals surface area contributed by atoms with Crippen molar-refractivity contribution in [3.8, 4) is 0 Å². The second kappa shape index (κ2) is 7.47. The summed E-state index contributed by atoms with van der Waals surface area (Å²) in [6.07, 6.45) is 4.59. The summed E-state index contributed by atoms with van der Waals surface area (Å²) in [6.45, 7) is 8.90. The van der Waals surface area contributed by atoms with Crippen molar-refractivity contribution < 1.29 is 14.3 Å². The highest BCUT2D eigenvalue weighted by Gasteiger charge is 2.31. The maximum absolute atomic E-state index is 12.4. The molecule has 130 valence electrons. The van der Waals surface area contributed by atoms with Gasteiger partial charge in [-0.2, -0.15) is 0 Å². The third kappa shape index (κ3) is 5.08. The SMILES string of the molecule is CC1CN(C(=O)OC(C)(C)C)CCN1C(=O)C=Cc1ccccn1. The molecule has 0 aromatic carbocycles. The molecule has 1 fully saturated rings. The first-order valence-electron chi connectivity index (χ1n) is 8.14. The van der Waals surface area contributed by atoms with Gasteiger partial charge in [0.2, 0.25) is 5.91 Å². The lowest BCUT2D eigenvalue weighted by molar-refractivity contribution is -0.130. The summed E-state index contributed by atoms with van der Waals surface area (Å²) in [5.41, 5.74) is 0.226. The lowest BCUT2D eigenvalue weighted by Crippen LogP contribution is -2.55. The van der Waals surface area contributed by atoms with Gasteiger partial charge in [-0.05, 0) is 45.9 Å². The van der Waals surface area contributed by atoms with Gasteiger partial charge in [0.1, 0.15) is 5.60 Å². The van der Waals surface area contributed by atoms with Gasteiger partial charge in [0.25, 0.3) is 0 Å². The molecule has 1 aliphatic heterocycles. The summed E-state index contributed by atoms with van der Waals surface area (Å²) in [5.74, 6) is -0.0722. The summed E-state index contributed by atoms with van der Waals surface area (Å²) in [7, 11) is 0. The van der Waals surface area contributed by atoms with Crippen molar-refractivity contribution in [2.75, 3.05) is 19.6 Å². The Labute approximate surface area is 143 Å². The smallest absolute Gasteiger partial charge is 0.410 e. The van der Waals surface area contributed by atoms with E-state index in [0.29, 0.717) is 19.6 Å². The standard InChI is InChI=1S/C18H25N3O3/c1-14-13-20(17(23)24-18(2,3)4)11-12-21(14)16(22)9-8-15-7-5-6-10-19-15/h5-10,14H,11-13H2,1-4H3. The number of rotatable bonds is 2. The second-order valence-corrected chi connectivity index (χ2v) is 6.89. The predicted octanol–water partition coefficient (Wildman–Crippen LogP) is 2.56. The minimum Gasteiger partial charge on any atom is -0.444 e. The van der Waals surface area contributed by atoms with Crippen LogP contribution < -0.4 is 0 Å². The summed E-state index contributed by atoms with van der Waals surface area (Å²) in [5, 5.41) is 0. The molecule has 1 unspecified atom stereocenters. The lowest BCUT2D eigenvalue weighted by Gasteiger charge is -2.39. The van der Waals surface area contributed by atoms with Crippen LogP contribution in [0.1, 0.15) is 33.4 Å². The molecule has 6 heteroatoms. The molecule has 1 atom stereocenters. The van der Waals surface area contributed by atoms with Crippen LogP contribution in [0, 0.1) is 0 Å². The molecule has 6 nitrogen and oxygen atoms in total. The largest absolute Gasteiger partial charge is 0.444 e. The van der Waals surface area contributed by atoms with E-state index >= 15 is 0 Å². The number of ether oxygens (including phenoxy) is 1. The maximum atomic E-state index is 12.4. The molecule has 1 saturated heterocycles. The Bertz CT molecular complexity index is 608. The van der Waals surface area contributed by atoms with Gasteiger partial charge >= 0.3 is 6.09 Å². The van der Waals surface area contributed by atoms with E-state index in [1.165, 1.54) is 6.08 Å². The Morgan fingerprint density at radius 1 is 1.29 bits per heavy atom. The first kappa shape index (κ1) is 18.0. The first-order chi connectivity index (χ1) is 11.3. The quantitative estimate of drug-likeness (QED) is 0.781. The van der Waals surface area contributed by atoms with Gasteiger partial charge in [-0.25, -0.2) is 4.79 Å². The highest BCUT2D eigenvalue weighted by molar-refractivity contribution is 5.92. The van der Waals surface area contributed by atoms with Crippen LogP contribution in [0.15, 0.2) is 30.5 Å². The van der Waals surface area contributed by atoms with E-state index in [2.05, 4.69) is 4.98 Å². The molecule has 2 heterocycles. The van der Waals surface area contributed by atoms with Crippen molar-refractivity contribution >= 4 is 18.1 Å². The molecule has 0 saturated carbocycles. The van der Waals surface area contributed by atoms with Crippen molar-refractivity contribution in [2.45, 2.75) is 39.3 Å². The third-order valence-corrected chi connectivity index (χ3v) is 3.65. The Morgan fingerprint density at radius 2 is 2.04 bits per heavy atom. The van der Waals surface area contributed by atoms with Crippen LogP contribution in [0.5, 0.6) is 0 Å². The highest BCUT2D eigenvalue weighted by atomic mass is 16.6. The maximum Gasteiger partial charge on any atom is 0.410 e. The minimum absolute atomic E-state index is 0.0628. The summed E-state index contributed by atoms with van der Waals surface area (Å²) in [4.78, 5) is 32.1. The zero-order valence-corrected chi connectivity index (χ0v) is 14.7. The Morgan fingerprint density at radius 3 is 2.62 bits per heavy atom. The zero-order chi connectivity index (χ0) is 17.7. The number of hydrogen-bond donors (Lipinski definition) is 0. The van der Waals surface area contributed by atoms with E-state index < -0.39 is 5.60 Å². The second-order valence-electron chi connectivity index (χ2n) is 6.89. The van der Waals surface area contributed by atoms with E-state index in [9.17, 15) is 9.59 Å². The van der Waals surface area contributed by atoms with Crippen LogP contribution in [0.2, 0.25) is 0 Å². The molecule has 2 amide bonds. The third-order valence-electron chi connectivity index (χ3n) is 3.65. The monoisotopic (exact) mass is 331 g/mol. The molecular formula is C18H25N3O3. The number of carbonyl (C=O) groups is 2. The van der Waals surface area contributed by atoms with Crippen molar-refractivity contribution in [1.29, 1.82) is 0 Å². The molecule has 0 radical (unpaired) electrons. The van der Waals surface area contributed by atoms with E-state index in [0.717, 1.165) is 5.69 Å². The van der Waals surface area contributed by atoms with Gasteiger partial charge in [0.05, 0.1) is 5.69 Å². The molecule has 24 heavy (non-hydrogen) atoms. The summed E-state index contributed by atoms with van der Waals surface area (Å²) in [6, 6.07) is 5.48. The van der Waals surface area contributed by atoms with Crippen LogP contribution in [0.25, 0.3) is 6.08 Å². The van der Waals surface area contributed by atoms with Crippen LogP contribution in [0.3, 0.4) is 0 Å². The molecule has 1 aliphatic rings. The number of hydrogen-bond acceptors (Lipinski definition) is 4. The molecule has 0 aliphatic carbocycles. The Balaban J connectivity index is 1.92. The van der Waals surface area contributed by atoms with E-state index in [1.807, 2.05) is 45.9 Å². The number of pyridine rings is 1. The van der Waals surface area contributed by atoms with Crippen molar-refractivity contribution in [3.63, 3.8) is 0 Å². The number of piperazine rings is 1. The molecule has 1 aromatic rings. The molecule has 0 spiro atoms. The van der Waals surface area contributed by atoms with Gasteiger partial charge in [0, 0.05) is 37.9 Å². The van der Waals surface area contributed by atoms with Crippen LogP contribution in [-0.4, -0.2) is 58.1 Å². The fourth-order valence-electron chi connectivity index (χ4n) is 2.50. The lowest BCUT2D eigenvalue weighted by atomic mass is 10.2. The number of carbonyl (C=O) groups excluding carboxylic acids is 2. The summed E-state index contributed by atoms with van der Waals surface area (Å²) >= 11 is 0. The molecular weight excluding hydrogens is 306 g/mol. The number of aromatic nitrogens is 1. The van der Waals surface area contributed by atoms with Gasteiger partial charge in [-0.3, -0.25) is 9.78 Å². The number of amides is 2. The van der Waals surface area contributed by atoms with Gasteiger partial charge in [0.15, 0.2) is 0 Å². The Hall–Kier alpha value is -2.37. The van der Waals surface area contributed by atoms with Crippen LogP contribution >= 0.6 is 0 Å². The van der Waals surface area contributed by atoms with Crippen molar-refractivity contribution in [3.05, 3.63) is 36.2 Å². The fourth-order valence-corrected chi connectivity index (χ4v) is 2.50. The van der Waals surface area contributed by atoms with Crippen molar-refractivity contribution in [1.82, 2.24) is 14.8 Å². The highest BCUT2D eigenvalue weighted by Crippen LogP contribution is 2.15. The predicted molar refractivity (Wildman–Crippen MR) is 92.3 cm³/mol. The molecule has 2 rings (SSSR count). The van der Waals surface area contributed by atoms with Crippen LogP contribution in [-0.2, 0) is 9.53 Å². The fraction of sp³-hybridized carbons (Fsp3) is 0.500. The topological polar surface area (TPSA) is 62.7 Å². The van der Waals surface area contributed by atoms with E-state index in [4.69, 9.17) is 4.74 Å². The molecule has 0 N–H and O–H groups in total. The van der Waals surface area contributed by atoms with E-state index in [1.54, 1.807) is 22.1 Å². The molecule has 1 aromatic heterocycles. The van der Waals surface area contributed by atoms with Crippen LogP contribution in [0.4, 0.5) is 4.79 Å². The average molecular weight is 331 g/mol. The van der Waals surface area contributed by atoms with Gasteiger partial charge in [-0.15, -0.1) is 0 Å². The minimum atomic E-state index is -0.515. The average Bonchev–Trinajstić information content (AvgIpc) is 2.52. The van der Waals surface area contributed by atoms with Gasteiger partial charge < -0.3 is 14.5 Å². The summed E-state index contributed by atoms with van der Waals surface area (Å²) < 4.78 is 5.39. The van der Waals surface area contributed by atoms with Crippen molar-refractivity contribution in [2.24, 2.45) is 0 Å². The normalized spacial score (nSPS) is 18.8. The van der Waals surface area contributed by atoms with E-state index in [-0.39, 0.29) is 18.0 Å². The first-order valence-corrected chi connectivity index (χ1v) is 8.14. The number of nitrogens with zero attached hydrogens (tertiary/aromatic N) is 3. The molecule has 0 bridgehead atoms.